The third-order valence-electron chi connectivity index (χ3n) is 5.91. The van der Waals surface area contributed by atoms with Gasteiger partial charge < -0.3 is 15.7 Å². The quantitative estimate of drug-likeness (QED) is 0.382. The highest BCUT2D eigenvalue weighted by atomic mass is 16.3. The summed E-state index contributed by atoms with van der Waals surface area (Å²) in [6.45, 7) is 7.69. The maximum atomic E-state index is 13.3. The zero-order chi connectivity index (χ0) is 24.4. The van der Waals surface area contributed by atoms with Crippen LogP contribution in [0.5, 0.6) is 0 Å². The summed E-state index contributed by atoms with van der Waals surface area (Å²) in [4.78, 5) is 13.3. The Hall–Kier alpha value is -2.95. The van der Waals surface area contributed by atoms with Gasteiger partial charge in [0.1, 0.15) is 0 Å². The molecule has 0 bridgehead atoms. The van der Waals surface area contributed by atoms with Crippen LogP contribution < -0.4 is 10.6 Å². The summed E-state index contributed by atoms with van der Waals surface area (Å²) in [5.74, 6) is -0.107. The minimum Gasteiger partial charge on any atom is -0.390 e. The monoisotopic (exact) mass is 458 g/mol. The number of carbonyl (C=O) groups excluding carboxylic acids is 1. The van der Waals surface area contributed by atoms with Crippen molar-refractivity contribution in [2.24, 2.45) is 5.41 Å². The van der Waals surface area contributed by atoms with Crippen molar-refractivity contribution in [1.29, 1.82) is 0 Å². The van der Waals surface area contributed by atoms with Crippen LogP contribution in [0.15, 0.2) is 91.0 Å². The third kappa shape index (κ3) is 8.44. The van der Waals surface area contributed by atoms with Crippen LogP contribution in [0.3, 0.4) is 0 Å². The van der Waals surface area contributed by atoms with E-state index in [1.54, 1.807) is 0 Å². The molecule has 0 saturated carbocycles. The van der Waals surface area contributed by atoms with Gasteiger partial charge in [0.25, 0.3) is 0 Å². The first-order valence-electron chi connectivity index (χ1n) is 12.1. The molecule has 1 amide bonds. The van der Waals surface area contributed by atoms with Gasteiger partial charge in [-0.2, -0.15) is 0 Å². The fourth-order valence-electron chi connectivity index (χ4n) is 4.14. The lowest BCUT2D eigenvalue weighted by Gasteiger charge is -2.27. The van der Waals surface area contributed by atoms with E-state index in [-0.39, 0.29) is 23.3 Å². The van der Waals surface area contributed by atoms with Gasteiger partial charge >= 0.3 is 0 Å². The molecule has 2 atom stereocenters. The molecule has 3 N–H and O–H groups in total. The van der Waals surface area contributed by atoms with Crippen LogP contribution in [0.25, 0.3) is 0 Å². The summed E-state index contributed by atoms with van der Waals surface area (Å²) in [7, 11) is 0. The van der Waals surface area contributed by atoms with Gasteiger partial charge in [0, 0.05) is 25.4 Å². The number of carbonyl (C=O) groups is 1. The van der Waals surface area contributed by atoms with Gasteiger partial charge in [0.15, 0.2) is 0 Å². The Labute approximate surface area is 204 Å². The largest absolute Gasteiger partial charge is 0.390 e. The van der Waals surface area contributed by atoms with Crippen LogP contribution >= 0.6 is 0 Å². The molecule has 4 nitrogen and oxygen atoms in total. The number of amides is 1. The first-order valence-corrected chi connectivity index (χ1v) is 12.1. The van der Waals surface area contributed by atoms with Crippen LogP contribution in [-0.4, -0.2) is 36.2 Å². The number of aliphatic hydroxyl groups excluding tert-OH is 1. The normalized spacial score (nSPS) is 13.4. The maximum absolute atomic E-state index is 13.3. The van der Waals surface area contributed by atoms with Crippen molar-refractivity contribution >= 4 is 5.91 Å². The molecule has 0 aliphatic carbocycles. The second-order valence-corrected chi connectivity index (χ2v) is 10.2. The lowest BCUT2D eigenvalue weighted by atomic mass is 9.88. The van der Waals surface area contributed by atoms with E-state index in [0.29, 0.717) is 19.4 Å². The van der Waals surface area contributed by atoms with Gasteiger partial charge in [-0.1, -0.05) is 112 Å². The van der Waals surface area contributed by atoms with Crippen LogP contribution in [0.1, 0.15) is 49.8 Å². The van der Waals surface area contributed by atoms with Crippen LogP contribution in [0, 0.1) is 5.41 Å². The average Bonchev–Trinajstić information content (AvgIpc) is 2.83. The van der Waals surface area contributed by atoms with Crippen LogP contribution in [0.4, 0.5) is 0 Å². The predicted molar refractivity (Wildman–Crippen MR) is 140 cm³/mol. The lowest BCUT2D eigenvalue weighted by molar-refractivity contribution is -0.122. The van der Waals surface area contributed by atoms with Crippen molar-refractivity contribution in [3.05, 3.63) is 108 Å². The Bertz CT molecular complexity index is 945. The standard InChI is InChI=1S/C30H38N2O2/c1-30(2,3)22-31-21-28(33)27(19-23-13-7-4-8-14-23)32-29(34)20-26(24-15-9-5-10-16-24)25-17-11-6-12-18-25/h4-18,26-28,31,33H,19-22H2,1-3H3,(H,32,34)/t27-,28+/m0/s1. The molecule has 3 rings (SSSR count). The summed E-state index contributed by atoms with van der Waals surface area (Å²) in [6.07, 6.45) is 0.201. The Morgan fingerprint density at radius 2 is 1.32 bits per heavy atom. The van der Waals surface area contributed by atoms with Gasteiger partial charge in [-0.15, -0.1) is 0 Å². The highest BCUT2D eigenvalue weighted by Gasteiger charge is 2.25. The molecule has 0 heterocycles. The zero-order valence-corrected chi connectivity index (χ0v) is 20.6. The van der Waals surface area contributed by atoms with Crippen LogP contribution in [-0.2, 0) is 11.2 Å². The molecule has 0 fully saturated rings. The van der Waals surface area contributed by atoms with Gasteiger partial charge in [0.05, 0.1) is 12.1 Å². The smallest absolute Gasteiger partial charge is 0.221 e. The molecule has 34 heavy (non-hydrogen) atoms. The fourth-order valence-corrected chi connectivity index (χ4v) is 4.14. The highest BCUT2D eigenvalue weighted by molar-refractivity contribution is 5.78. The summed E-state index contributed by atoms with van der Waals surface area (Å²) >= 11 is 0. The first-order chi connectivity index (χ1) is 16.3. The molecule has 0 aliphatic rings. The lowest BCUT2D eigenvalue weighted by Crippen LogP contribution is -2.49. The molecule has 0 spiro atoms. The van der Waals surface area contributed by atoms with E-state index >= 15 is 0 Å². The van der Waals surface area contributed by atoms with Crippen molar-refractivity contribution in [2.75, 3.05) is 13.1 Å². The zero-order valence-electron chi connectivity index (χ0n) is 20.6. The topological polar surface area (TPSA) is 61.4 Å². The van der Waals surface area contributed by atoms with Crippen molar-refractivity contribution in [3.8, 4) is 0 Å². The molecule has 0 unspecified atom stereocenters. The van der Waals surface area contributed by atoms with Crippen molar-refractivity contribution in [3.63, 3.8) is 0 Å². The predicted octanol–water partition coefficient (Wildman–Crippen LogP) is 4.93. The Balaban J connectivity index is 1.73. The second-order valence-electron chi connectivity index (χ2n) is 10.2. The number of hydrogen-bond acceptors (Lipinski definition) is 3. The summed E-state index contributed by atoms with van der Waals surface area (Å²) in [6, 6.07) is 29.9. The number of nitrogens with one attached hydrogen (secondary N) is 2. The van der Waals surface area contributed by atoms with E-state index in [9.17, 15) is 9.90 Å². The van der Waals surface area contributed by atoms with E-state index in [1.165, 1.54) is 0 Å². The Morgan fingerprint density at radius 1 is 0.824 bits per heavy atom. The Morgan fingerprint density at radius 3 is 1.82 bits per heavy atom. The van der Waals surface area contributed by atoms with E-state index in [1.807, 2.05) is 66.7 Å². The summed E-state index contributed by atoms with van der Waals surface area (Å²) < 4.78 is 0. The van der Waals surface area contributed by atoms with Gasteiger partial charge in [0.2, 0.25) is 5.91 Å². The number of rotatable bonds is 11. The minimum atomic E-state index is -0.696. The number of hydrogen-bond donors (Lipinski definition) is 3. The van der Waals surface area contributed by atoms with Gasteiger partial charge in [-0.3, -0.25) is 4.79 Å². The van der Waals surface area contributed by atoms with Crippen molar-refractivity contribution < 1.29 is 9.90 Å². The Kier molecular flexibility index (Phi) is 9.43. The molecule has 4 heteroatoms. The molecule has 180 valence electrons. The molecule has 0 radical (unpaired) electrons. The maximum Gasteiger partial charge on any atom is 0.221 e. The third-order valence-corrected chi connectivity index (χ3v) is 5.91. The van der Waals surface area contributed by atoms with E-state index < -0.39 is 6.10 Å². The highest BCUT2D eigenvalue weighted by Crippen LogP contribution is 2.28. The molecular weight excluding hydrogens is 420 g/mol. The van der Waals surface area contributed by atoms with Gasteiger partial charge in [-0.25, -0.2) is 0 Å². The van der Waals surface area contributed by atoms with Crippen LogP contribution in [0.2, 0.25) is 0 Å². The van der Waals surface area contributed by atoms with E-state index in [4.69, 9.17) is 0 Å². The average molecular weight is 459 g/mol. The molecular formula is C30H38N2O2. The van der Waals surface area contributed by atoms with Crippen molar-refractivity contribution in [2.45, 2.75) is 51.7 Å². The minimum absolute atomic E-state index is 0.0454. The van der Waals surface area contributed by atoms with E-state index in [0.717, 1.165) is 23.2 Å². The molecule has 3 aromatic rings. The van der Waals surface area contributed by atoms with Gasteiger partial charge in [-0.05, 0) is 28.5 Å². The van der Waals surface area contributed by atoms with E-state index in [2.05, 4.69) is 55.7 Å². The fraction of sp³-hybridized carbons (Fsp3) is 0.367. The molecule has 0 saturated heterocycles. The number of benzene rings is 3. The molecule has 0 aromatic heterocycles. The second kappa shape index (κ2) is 12.5. The van der Waals surface area contributed by atoms with Crippen molar-refractivity contribution in [1.82, 2.24) is 10.6 Å². The number of aliphatic hydroxyl groups is 1. The molecule has 0 aliphatic heterocycles. The SMILES string of the molecule is CC(C)(C)CNC[C@@H](O)[C@H](Cc1ccccc1)NC(=O)CC(c1ccccc1)c1ccccc1. The molecule has 3 aromatic carbocycles. The summed E-state index contributed by atoms with van der Waals surface area (Å²) in [5, 5.41) is 17.5. The first kappa shape index (κ1) is 25.7. The summed E-state index contributed by atoms with van der Waals surface area (Å²) in [5.41, 5.74) is 3.42.